The number of rotatable bonds is 3. The van der Waals surface area contributed by atoms with Crippen LogP contribution in [0.15, 0.2) is 17.4 Å². The molecule has 15 heavy (non-hydrogen) atoms. The smallest absolute Gasteiger partial charge is 0.298 e. The molecule has 1 N–H and O–H groups in total. The quantitative estimate of drug-likeness (QED) is 0.819. The number of H-pyrrole nitrogens is 1. The standard InChI is InChI=1S/C10H14N4O/c1-3-7(2)4-14-6-13-10(15)8-9(14)12-5-11-8/h5-7H,3-4H2,1-2H3,(H,11,12). The van der Waals surface area contributed by atoms with Gasteiger partial charge in [0.25, 0.3) is 5.56 Å². The third-order valence-electron chi connectivity index (χ3n) is 2.62. The van der Waals surface area contributed by atoms with Gasteiger partial charge in [0.1, 0.15) is 6.33 Å². The molecule has 0 aliphatic rings. The third kappa shape index (κ3) is 1.77. The van der Waals surface area contributed by atoms with Crippen molar-refractivity contribution in [3.05, 3.63) is 23.0 Å². The first-order chi connectivity index (χ1) is 7.22. The van der Waals surface area contributed by atoms with Crippen LogP contribution in [-0.4, -0.2) is 19.5 Å². The monoisotopic (exact) mass is 206 g/mol. The van der Waals surface area contributed by atoms with Crippen molar-refractivity contribution in [3.63, 3.8) is 0 Å². The number of imidazole rings is 1. The predicted molar refractivity (Wildman–Crippen MR) is 57.6 cm³/mol. The van der Waals surface area contributed by atoms with Gasteiger partial charge in [-0.15, -0.1) is 0 Å². The summed E-state index contributed by atoms with van der Waals surface area (Å²) in [6.45, 7) is 5.14. The van der Waals surface area contributed by atoms with Crippen LogP contribution in [0.1, 0.15) is 20.3 Å². The minimum Gasteiger partial charge on any atom is -0.339 e. The largest absolute Gasteiger partial charge is 0.339 e. The molecular weight excluding hydrogens is 192 g/mol. The second-order valence-electron chi connectivity index (χ2n) is 3.82. The molecule has 80 valence electrons. The van der Waals surface area contributed by atoms with Crippen molar-refractivity contribution in [2.24, 2.45) is 5.92 Å². The maximum atomic E-state index is 11.4. The molecule has 2 rings (SSSR count). The van der Waals surface area contributed by atoms with Crippen molar-refractivity contribution in [2.75, 3.05) is 0 Å². The third-order valence-corrected chi connectivity index (χ3v) is 2.62. The average molecular weight is 206 g/mol. The number of aromatic nitrogens is 4. The van der Waals surface area contributed by atoms with E-state index in [-0.39, 0.29) is 5.56 Å². The molecule has 0 amide bonds. The molecule has 2 heterocycles. The van der Waals surface area contributed by atoms with Gasteiger partial charge in [0.2, 0.25) is 0 Å². The molecule has 0 radical (unpaired) electrons. The van der Waals surface area contributed by atoms with Gasteiger partial charge < -0.3 is 9.55 Å². The maximum absolute atomic E-state index is 11.4. The Kier molecular flexibility index (Phi) is 2.53. The van der Waals surface area contributed by atoms with Crippen LogP contribution in [0.3, 0.4) is 0 Å². The number of nitrogens with zero attached hydrogens (tertiary/aromatic N) is 3. The second-order valence-corrected chi connectivity index (χ2v) is 3.82. The molecule has 1 unspecified atom stereocenters. The lowest BCUT2D eigenvalue weighted by atomic mass is 10.1. The molecule has 1 atom stereocenters. The summed E-state index contributed by atoms with van der Waals surface area (Å²) in [5.41, 5.74) is 0.930. The molecule has 0 spiro atoms. The van der Waals surface area contributed by atoms with Gasteiger partial charge in [-0.25, -0.2) is 4.98 Å². The lowest BCUT2D eigenvalue weighted by Crippen LogP contribution is -2.15. The molecule has 0 saturated carbocycles. The van der Waals surface area contributed by atoms with Crippen molar-refractivity contribution in [2.45, 2.75) is 26.8 Å². The summed E-state index contributed by atoms with van der Waals surface area (Å²) in [7, 11) is 0. The Morgan fingerprint density at radius 3 is 3.07 bits per heavy atom. The van der Waals surface area contributed by atoms with E-state index in [0.29, 0.717) is 17.1 Å². The minimum atomic E-state index is -0.247. The van der Waals surface area contributed by atoms with Crippen LogP contribution in [-0.2, 0) is 6.54 Å². The summed E-state index contributed by atoms with van der Waals surface area (Å²) < 4.78 is 1.92. The Morgan fingerprint density at radius 2 is 2.33 bits per heavy atom. The first-order valence-electron chi connectivity index (χ1n) is 5.11. The van der Waals surface area contributed by atoms with E-state index in [2.05, 4.69) is 28.8 Å². The van der Waals surface area contributed by atoms with Crippen LogP contribution in [0.25, 0.3) is 11.2 Å². The zero-order chi connectivity index (χ0) is 10.8. The number of nitrogens with one attached hydrogen (secondary N) is 1. The maximum Gasteiger partial charge on any atom is 0.298 e. The van der Waals surface area contributed by atoms with E-state index in [1.54, 1.807) is 6.33 Å². The lowest BCUT2D eigenvalue weighted by molar-refractivity contribution is 0.471. The molecule has 0 saturated heterocycles. The van der Waals surface area contributed by atoms with Crippen LogP contribution < -0.4 is 5.56 Å². The lowest BCUT2D eigenvalue weighted by Gasteiger charge is -2.11. The Hall–Kier alpha value is -1.65. The van der Waals surface area contributed by atoms with Gasteiger partial charge in [0, 0.05) is 6.54 Å². The normalized spacial score (nSPS) is 13.2. The zero-order valence-corrected chi connectivity index (χ0v) is 8.90. The molecule has 2 aromatic heterocycles. The fraction of sp³-hybridized carbons (Fsp3) is 0.500. The first-order valence-corrected chi connectivity index (χ1v) is 5.11. The molecule has 0 fully saturated rings. The summed E-state index contributed by atoms with van der Waals surface area (Å²) in [4.78, 5) is 22.1. The summed E-state index contributed by atoms with van der Waals surface area (Å²) in [6, 6.07) is 0. The first kappa shape index (κ1) is 9.89. The van der Waals surface area contributed by atoms with Crippen molar-refractivity contribution in [3.8, 4) is 0 Å². The Labute approximate surface area is 87.2 Å². The number of hydrogen-bond acceptors (Lipinski definition) is 3. The molecule has 5 heteroatoms. The number of aromatic amines is 1. The van der Waals surface area contributed by atoms with Gasteiger partial charge in [-0.2, -0.15) is 4.98 Å². The van der Waals surface area contributed by atoms with Crippen LogP contribution in [0.2, 0.25) is 0 Å². The topological polar surface area (TPSA) is 63.6 Å². The molecular formula is C10H14N4O. The highest BCUT2D eigenvalue weighted by molar-refractivity contribution is 5.68. The Balaban J connectivity index is 2.48. The summed E-state index contributed by atoms with van der Waals surface area (Å²) >= 11 is 0. The van der Waals surface area contributed by atoms with Crippen molar-refractivity contribution in [1.29, 1.82) is 0 Å². The van der Waals surface area contributed by atoms with E-state index < -0.39 is 0 Å². The van der Waals surface area contributed by atoms with Crippen molar-refractivity contribution in [1.82, 2.24) is 19.5 Å². The Bertz CT molecular complexity index is 513. The SMILES string of the molecule is CCC(C)Cn1cnc(=O)c2[nH]cnc21. The van der Waals surface area contributed by atoms with Gasteiger partial charge in [-0.3, -0.25) is 4.79 Å². The van der Waals surface area contributed by atoms with Gasteiger partial charge >= 0.3 is 0 Å². The summed E-state index contributed by atoms with van der Waals surface area (Å²) in [5, 5.41) is 0. The highest BCUT2D eigenvalue weighted by Crippen LogP contribution is 2.08. The molecule has 0 aliphatic carbocycles. The van der Waals surface area contributed by atoms with Crippen LogP contribution in [0, 0.1) is 5.92 Å². The molecule has 2 aromatic rings. The van der Waals surface area contributed by atoms with Crippen LogP contribution in [0.5, 0.6) is 0 Å². The summed E-state index contributed by atoms with van der Waals surface area (Å²) in [5.74, 6) is 0.550. The van der Waals surface area contributed by atoms with Crippen molar-refractivity contribution < 1.29 is 0 Å². The van der Waals surface area contributed by atoms with Gasteiger partial charge in [0.15, 0.2) is 11.2 Å². The van der Waals surface area contributed by atoms with E-state index in [4.69, 9.17) is 0 Å². The van der Waals surface area contributed by atoms with Gasteiger partial charge in [-0.1, -0.05) is 20.3 Å². The van der Waals surface area contributed by atoms with E-state index in [1.807, 2.05) is 4.57 Å². The van der Waals surface area contributed by atoms with E-state index in [1.165, 1.54) is 6.33 Å². The average Bonchev–Trinajstić information content (AvgIpc) is 2.71. The summed E-state index contributed by atoms with van der Waals surface area (Å²) in [6.07, 6.45) is 4.19. The molecule has 0 aliphatic heterocycles. The second kappa shape index (κ2) is 3.84. The molecule has 0 aromatic carbocycles. The van der Waals surface area contributed by atoms with Crippen LogP contribution >= 0.6 is 0 Å². The highest BCUT2D eigenvalue weighted by Gasteiger charge is 2.07. The molecule has 0 bridgehead atoms. The Morgan fingerprint density at radius 1 is 1.53 bits per heavy atom. The molecule has 5 nitrogen and oxygen atoms in total. The van der Waals surface area contributed by atoms with E-state index >= 15 is 0 Å². The van der Waals surface area contributed by atoms with E-state index in [0.717, 1.165) is 13.0 Å². The van der Waals surface area contributed by atoms with Gasteiger partial charge in [0.05, 0.1) is 6.33 Å². The highest BCUT2D eigenvalue weighted by atomic mass is 16.1. The number of fused-ring (bicyclic) bond motifs is 1. The number of hydrogen-bond donors (Lipinski definition) is 1. The van der Waals surface area contributed by atoms with E-state index in [9.17, 15) is 4.79 Å². The van der Waals surface area contributed by atoms with Crippen LogP contribution in [0.4, 0.5) is 0 Å². The fourth-order valence-electron chi connectivity index (χ4n) is 1.50. The van der Waals surface area contributed by atoms with Gasteiger partial charge in [-0.05, 0) is 5.92 Å². The predicted octanol–water partition coefficient (Wildman–Crippen LogP) is 1.17. The fourth-order valence-corrected chi connectivity index (χ4v) is 1.50. The zero-order valence-electron chi connectivity index (χ0n) is 8.90. The van der Waals surface area contributed by atoms with Crippen molar-refractivity contribution >= 4 is 11.2 Å². The minimum absolute atomic E-state index is 0.247.